The van der Waals surface area contributed by atoms with Crippen molar-refractivity contribution in [3.63, 3.8) is 0 Å². The standard InChI is InChI=1S/C37H44N6O4S/c1-24-10-7-11-25(2)34(24)32-18-33-40-36(39-32)41-48(45,46)31-14-8-13-28(17-31)35(44)43(30(23-47-33)19-37(4,5)6)22-27-16-29(21-38-20-27)42-15-9-12-26(42)3/h7-8,10-11,13-14,16-18,20-21,26,30H,9,12,15,19,22-23H2,1-6H3,(H,39,40,41)/t26-,30-/m1/s1. The van der Waals surface area contributed by atoms with Gasteiger partial charge in [-0.2, -0.15) is 4.98 Å². The van der Waals surface area contributed by atoms with Crippen LogP contribution >= 0.6 is 0 Å². The number of hydrogen-bond acceptors (Lipinski definition) is 8. The number of nitrogens with one attached hydrogen (secondary N) is 1. The quantitative estimate of drug-likeness (QED) is 0.247. The molecule has 48 heavy (non-hydrogen) atoms. The van der Waals surface area contributed by atoms with E-state index in [1.54, 1.807) is 29.3 Å². The predicted molar refractivity (Wildman–Crippen MR) is 188 cm³/mol. The summed E-state index contributed by atoms with van der Waals surface area (Å²) in [4.78, 5) is 32.3. The summed E-state index contributed by atoms with van der Waals surface area (Å²) in [5.74, 6) is -0.188. The Labute approximate surface area is 283 Å². The molecule has 10 nitrogen and oxygen atoms in total. The fourth-order valence-electron chi connectivity index (χ4n) is 6.78. The van der Waals surface area contributed by atoms with E-state index in [0.29, 0.717) is 18.2 Å². The highest BCUT2D eigenvalue weighted by atomic mass is 32.2. The van der Waals surface area contributed by atoms with Gasteiger partial charge in [-0.05, 0) is 86.4 Å². The van der Waals surface area contributed by atoms with Gasteiger partial charge in [0.2, 0.25) is 11.8 Å². The molecule has 0 unspecified atom stereocenters. The Balaban J connectivity index is 1.47. The van der Waals surface area contributed by atoms with Crippen molar-refractivity contribution in [3.05, 3.63) is 89.2 Å². The van der Waals surface area contributed by atoms with E-state index < -0.39 is 10.0 Å². The molecule has 4 bridgehead atoms. The number of nitrogens with zero attached hydrogens (tertiary/aromatic N) is 5. The number of carbonyl (C=O) groups is 1. The van der Waals surface area contributed by atoms with Crippen molar-refractivity contribution in [1.29, 1.82) is 0 Å². The Morgan fingerprint density at radius 2 is 1.75 bits per heavy atom. The van der Waals surface area contributed by atoms with Crippen molar-refractivity contribution in [2.45, 2.75) is 84.3 Å². The van der Waals surface area contributed by atoms with E-state index in [9.17, 15) is 13.2 Å². The molecule has 1 fully saturated rings. The zero-order valence-corrected chi connectivity index (χ0v) is 29.3. The van der Waals surface area contributed by atoms with Gasteiger partial charge in [-0.25, -0.2) is 18.1 Å². The monoisotopic (exact) mass is 668 g/mol. The molecule has 2 aliphatic heterocycles. The van der Waals surface area contributed by atoms with E-state index in [4.69, 9.17) is 4.74 Å². The van der Waals surface area contributed by atoms with Gasteiger partial charge in [0, 0.05) is 42.5 Å². The average Bonchev–Trinajstić information content (AvgIpc) is 3.46. The number of pyridine rings is 1. The molecule has 2 aromatic carbocycles. The van der Waals surface area contributed by atoms with Crippen molar-refractivity contribution in [2.24, 2.45) is 5.41 Å². The lowest BCUT2D eigenvalue weighted by molar-refractivity contribution is 0.0513. The maximum atomic E-state index is 14.5. The number of carbonyl (C=O) groups excluding carboxylic acids is 1. The third-order valence-electron chi connectivity index (χ3n) is 9.05. The SMILES string of the molecule is Cc1cccc(C)c1-c1cc2nc(n1)NS(=O)(=O)c1cccc(c1)C(=O)N(Cc1cncc(N3CCC[C@H]3C)c1)[C@H](CC(C)(C)C)CO2. The van der Waals surface area contributed by atoms with Crippen LogP contribution in [0.25, 0.3) is 11.3 Å². The van der Waals surface area contributed by atoms with Gasteiger partial charge >= 0.3 is 0 Å². The number of hydrogen-bond donors (Lipinski definition) is 1. The summed E-state index contributed by atoms with van der Waals surface area (Å²) in [5, 5.41) is 0. The smallest absolute Gasteiger partial charge is 0.264 e. The number of amides is 1. The first kappa shape index (κ1) is 33.4. The summed E-state index contributed by atoms with van der Waals surface area (Å²) in [6.45, 7) is 14.0. The molecule has 0 spiro atoms. The van der Waals surface area contributed by atoms with Gasteiger partial charge in [-0.1, -0.05) is 45.0 Å². The molecule has 2 atom stereocenters. The van der Waals surface area contributed by atoms with Gasteiger partial charge in [0.15, 0.2) is 0 Å². The van der Waals surface area contributed by atoms with Gasteiger partial charge in [-0.15, -0.1) is 0 Å². The third kappa shape index (κ3) is 7.31. The molecular weight excluding hydrogens is 625 g/mol. The molecule has 1 N–H and O–H groups in total. The lowest BCUT2D eigenvalue weighted by atomic mass is 9.87. The van der Waals surface area contributed by atoms with Crippen molar-refractivity contribution in [1.82, 2.24) is 19.9 Å². The first-order valence-electron chi connectivity index (χ1n) is 16.5. The van der Waals surface area contributed by atoms with Crippen LogP contribution in [0.2, 0.25) is 0 Å². The van der Waals surface area contributed by atoms with Gasteiger partial charge in [0.05, 0.1) is 28.5 Å². The molecule has 2 aromatic heterocycles. The normalized spacial score (nSPS) is 19.5. The van der Waals surface area contributed by atoms with Crippen LogP contribution in [0, 0.1) is 19.3 Å². The van der Waals surface area contributed by atoms with Gasteiger partial charge < -0.3 is 14.5 Å². The highest BCUT2D eigenvalue weighted by molar-refractivity contribution is 7.92. The molecule has 0 radical (unpaired) electrons. The maximum Gasteiger partial charge on any atom is 0.264 e. The minimum Gasteiger partial charge on any atom is -0.475 e. The van der Waals surface area contributed by atoms with Crippen LogP contribution in [-0.2, 0) is 16.6 Å². The molecule has 252 valence electrons. The first-order chi connectivity index (χ1) is 22.8. The predicted octanol–water partition coefficient (Wildman–Crippen LogP) is 6.78. The number of benzene rings is 2. The second kappa shape index (κ2) is 13.2. The summed E-state index contributed by atoms with van der Waals surface area (Å²) in [7, 11) is -4.16. The number of ether oxygens (including phenoxy) is 1. The van der Waals surface area contributed by atoms with E-state index in [1.807, 2.05) is 38.2 Å². The zero-order valence-electron chi connectivity index (χ0n) is 28.5. The molecule has 11 heteroatoms. The topological polar surface area (TPSA) is 118 Å². The van der Waals surface area contributed by atoms with Crippen LogP contribution in [0.5, 0.6) is 5.88 Å². The molecule has 1 amide bonds. The van der Waals surface area contributed by atoms with Crippen LogP contribution in [0.15, 0.2) is 71.9 Å². The number of sulfonamides is 1. The molecule has 0 aliphatic carbocycles. The number of rotatable bonds is 5. The Bertz CT molecular complexity index is 1920. The summed E-state index contributed by atoms with van der Waals surface area (Å²) in [6.07, 6.45) is 6.55. The average molecular weight is 669 g/mol. The van der Waals surface area contributed by atoms with Crippen molar-refractivity contribution >= 4 is 27.6 Å². The van der Waals surface area contributed by atoms with E-state index >= 15 is 0 Å². The largest absolute Gasteiger partial charge is 0.475 e. The lowest BCUT2D eigenvalue weighted by Crippen LogP contribution is -2.45. The Morgan fingerprint density at radius 1 is 1.00 bits per heavy atom. The van der Waals surface area contributed by atoms with E-state index in [1.165, 1.54) is 12.1 Å². The molecule has 0 saturated carbocycles. The lowest BCUT2D eigenvalue weighted by Gasteiger charge is -2.36. The molecular formula is C37H44N6O4S. The molecule has 6 rings (SSSR count). The van der Waals surface area contributed by atoms with E-state index in [0.717, 1.165) is 47.3 Å². The number of anilines is 2. The van der Waals surface area contributed by atoms with E-state index in [2.05, 4.69) is 58.3 Å². The Hall–Kier alpha value is -4.51. The summed E-state index contributed by atoms with van der Waals surface area (Å²) < 4.78 is 36.4. The Morgan fingerprint density at radius 3 is 2.46 bits per heavy atom. The fourth-order valence-corrected chi connectivity index (χ4v) is 7.77. The van der Waals surface area contributed by atoms with Crippen molar-refractivity contribution in [2.75, 3.05) is 22.8 Å². The van der Waals surface area contributed by atoms with E-state index in [-0.39, 0.29) is 52.8 Å². The minimum absolute atomic E-state index is 0.0600. The first-order valence-corrected chi connectivity index (χ1v) is 18.0. The third-order valence-corrected chi connectivity index (χ3v) is 10.4. The number of aryl methyl sites for hydroxylation is 2. The van der Waals surface area contributed by atoms with Gasteiger partial charge in [0.1, 0.15) is 6.61 Å². The number of aromatic nitrogens is 3. The van der Waals surface area contributed by atoms with Crippen molar-refractivity contribution in [3.8, 4) is 17.1 Å². The fraction of sp³-hybridized carbons (Fsp3) is 0.405. The Kier molecular flexibility index (Phi) is 9.17. The molecule has 1 saturated heterocycles. The summed E-state index contributed by atoms with van der Waals surface area (Å²) in [5.41, 5.74) is 5.40. The zero-order chi connectivity index (χ0) is 34.2. The highest BCUT2D eigenvalue weighted by Gasteiger charge is 2.32. The van der Waals surface area contributed by atoms with Crippen LogP contribution in [-0.4, -0.2) is 59.4 Å². The van der Waals surface area contributed by atoms with Crippen LogP contribution < -0.4 is 14.4 Å². The van der Waals surface area contributed by atoms with Gasteiger partial charge in [0.25, 0.3) is 15.9 Å². The second-order valence-electron chi connectivity index (χ2n) is 14.2. The summed E-state index contributed by atoms with van der Waals surface area (Å²) in [6, 6.07) is 15.9. The maximum absolute atomic E-state index is 14.5. The van der Waals surface area contributed by atoms with Crippen LogP contribution in [0.4, 0.5) is 11.6 Å². The van der Waals surface area contributed by atoms with Gasteiger partial charge in [-0.3, -0.25) is 9.78 Å². The molecule has 4 heterocycles. The van der Waals surface area contributed by atoms with Crippen LogP contribution in [0.3, 0.4) is 0 Å². The molecule has 2 aliphatic rings. The highest BCUT2D eigenvalue weighted by Crippen LogP contribution is 2.32. The number of fused-ring (bicyclic) bond motifs is 4. The van der Waals surface area contributed by atoms with Crippen LogP contribution in [0.1, 0.15) is 74.0 Å². The second-order valence-corrected chi connectivity index (χ2v) is 15.9. The minimum atomic E-state index is -4.16. The summed E-state index contributed by atoms with van der Waals surface area (Å²) >= 11 is 0. The molecule has 4 aromatic rings. The van der Waals surface area contributed by atoms with Crippen molar-refractivity contribution < 1.29 is 17.9 Å².